The minimum absolute atomic E-state index is 0.0149. The zero-order valence-electron chi connectivity index (χ0n) is 24.9. The van der Waals surface area contributed by atoms with Crippen molar-refractivity contribution in [2.24, 2.45) is 28.1 Å². The van der Waals surface area contributed by atoms with Crippen molar-refractivity contribution in [1.82, 2.24) is 20.9 Å². The average Bonchev–Trinajstić information content (AvgIpc) is 3.46. The van der Waals surface area contributed by atoms with E-state index in [9.17, 15) is 39.3 Å². The van der Waals surface area contributed by atoms with Gasteiger partial charge in [-0.15, -0.1) is 0 Å². The maximum absolute atomic E-state index is 13.2. The van der Waals surface area contributed by atoms with Gasteiger partial charge in [0.05, 0.1) is 12.6 Å². The van der Waals surface area contributed by atoms with Crippen molar-refractivity contribution >= 4 is 35.6 Å². The van der Waals surface area contributed by atoms with Crippen LogP contribution in [0.2, 0.25) is 0 Å². The summed E-state index contributed by atoms with van der Waals surface area (Å²) in [6, 6.07) is 0.00930. The molecule has 12 N–H and O–H groups in total. The number of carbonyl (C=O) groups excluding carboxylic acids is 4. The van der Waals surface area contributed by atoms with E-state index < -0.39 is 72.3 Å². The number of nitrogens with one attached hydrogen (secondary N) is 3. The number of amides is 4. The quantitative estimate of drug-likeness (QED) is 0.0529. The first-order chi connectivity index (χ1) is 20.7. The molecule has 1 aromatic rings. The van der Waals surface area contributed by atoms with Gasteiger partial charge in [-0.2, -0.15) is 0 Å². The summed E-state index contributed by atoms with van der Waals surface area (Å²) in [5.74, 6) is -4.62. The Morgan fingerprint density at radius 1 is 1.02 bits per heavy atom. The average molecular weight is 621 g/mol. The summed E-state index contributed by atoms with van der Waals surface area (Å²) in [5, 5.41) is 36.4. The van der Waals surface area contributed by atoms with Gasteiger partial charge in [0.1, 0.15) is 29.9 Å². The summed E-state index contributed by atoms with van der Waals surface area (Å²) in [4.78, 5) is 69.4. The fraction of sp³-hybridized carbons (Fsp3) is 0.571. The van der Waals surface area contributed by atoms with Crippen molar-refractivity contribution in [3.63, 3.8) is 0 Å². The van der Waals surface area contributed by atoms with E-state index in [4.69, 9.17) is 17.2 Å². The molecule has 0 aliphatic carbocycles. The van der Waals surface area contributed by atoms with Crippen LogP contribution in [0.1, 0.15) is 45.1 Å². The van der Waals surface area contributed by atoms with Crippen molar-refractivity contribution in [2.45, 2.75) is 76.2 Å². The first-order valence-corrected chi connectivity index (χ1v) is 14.4. The topological polar surface area (TPSA) is 276 Å². The van der Waals surface area contributed by atoms with Crippen molar-refractivity contribution < 1.29 is 39.3 Å². The minimum Gasteiger partial charge on any atom is -0.508 e. The SMILES string of the molecule is CC(C)[C@H](NC(=O)[C@H](Cc1ccc(O)cc1)NC(=O)[C@H](CO)NC(=O)[C@@H]1CCCN1C(=O)[C@@H](N)CCCN=C(N)N)C(=O)O. The highest BCUT2D eigenvalue weighted by molar-refractivity contribution is 5.95. The molecule has 244 valence electrons. The van der Waals surface area contributed by atoms with Crippen LogP contribution in [-0.2, 0) is 30.4 Å². The number of guanidine groups is 1. The number of carboxylic acids is 1. The number of phenolic OH excluding ortho intramolecular Hbond substituents is 1. The number of nitrogens with zero attached hydrogens (tertiary/aromatic N) is 2. The van der Waals surface area contributed by atoms with Crippen LogP contribution in [0, 0.1) is 5.92 Å². The van der Waals surface area contributed by atoms with Gasteiger partial charge in [0.15, 0.2) is 5.96 Å². The predicted octanol–water partition coefficient (Wildman–Crippen LogP) is -2.51. The molecule has 16 nitrogen and oxygen atoms in total. The Morgan fingerprint density at radius 3 is 2.23 bits per heavy atom. The zero-order valence-corrected chi connectivity index (χ0v) is 24.9. The van der Waals surface area contributed by atoms with Crippen LogP contribution in [0.15, 0.2) is 29.3 Å². The summed E-state index contributed by atoms with van der Waals surface area (Å²) in [6.07, 6.45) is 1.49. The molecule has 1 aliphatic heterocycles. The Hall–Kier alpha value is -4.44. The summed E-state index contributed by atoms with van der Waals surface area (Å²) in [7, 11) is 0. The number of benzene rings is 1. The Kier molecular flexibility index (Phi) is 13.8. The number of aliphatic imine (C=N–C) groups is 1. The van der Waals surface area contributed by atoms with Gasteiger partial charge < -0.3 is 53.4 Å². The van der Waals surface area contributed by atoms with Crippen molar-refractivity contribution in [3.05, 3.63) is 29.8 Å². The molecule has 0 saturated carbocycles. The number of hydrogen-bond donors (Lipinski definition) is 9. The molecule has 1 heterocycles. The van der Waals surface area contributed by atoms with Crippen LogP contribution in [0.4, 0.5) is 0 Å². The molecule has 44 heavy (non-hydrogen) atoms. The lowest BCUT2D eigenvalue weighted by molar-refractivity contribution is -0.143. The molecule has 4 amide bonds. The van der Waals surface area contributed by atoms with E-state index in [-0.39, 0.29) is 31.1 Å². The van der Waals surface area contributed by atoms with Gasteiger partial charge in [-0.3, -0.25) is 24.2 Å². The highest BCUT2D eigenvalue weighted by Gasteiger charge is 2.38. The fourth-order valence-corrected chi connectivity index (χ4v) is 4.74. The second kappa shape index (κ2) is 17.0. The van der Waals surface area contributed by atoms with E-state index in [2.05, 4.69) is 20.9 Å². The van der Waals surface area contributed by atoms with Gasteiger partial charge in [0.25, 0.3) is 0 Å². The molecule has 0 spiro atoms. The molecular weight excluding hydrogens is 576 g/mol. The lowest BCUT2D eigenvalue weighted by Crippen LogP contribution is -2.59. The number of nitrogens with two attached hydrogens (primary N) is 3. The van der Waals surface area contributed by atoms with Gasteiger partial charge in [-0.05, 0) is 49.3 Å². The number of aliphatic hydroxyl groups is 1. The van der Waals surface area contributed by atoms with Crippen LogP contribution < -0.4 is 33.2 Å². The highest BCUT2D eigenvalue weighted by atomic mass is 16.4. The molecule has 16 heteroatoms. The normalized spacial score (nSPS) is 17.2. The van der Waals surface area contributed by atoms with E-state index >= 15 is 0 Å². The number of likely N-dealkylation sites (tertiary alicyclic amines) is 1. The zero-order chi connectivity index (χ0) is 33.0. The van der Waals surface area contributed by atoms with Crippen LogP contribution in [0.5, 0.6) is 5.75 Å². The molecule has 0 radical (unpaired) electrons. The van der Waals surface area contributed by atoms with E-state index in [0.717, 1.165) is 0 Å². The third-order valence-electron chi connectivity index (χ3n) is 7.18. The molecule has 2 rings (SSSR count). The largest absolute Gasteiger partial charge is 0.508 e. The Labute approximate surface area is 255 Å². The molecule has 1 aromatic carbocycles. The minimum atomic E-state index is -1.48. The molecule has 0 unspecified atom stereocenters. The fourth-order valence-electron chi connectivity index (χ4n) is 4.74. The first-order valence-electron chi connectivity index (χ1n) is 14.4. The smallest absolute Gasteiger partial charge is 0.326 e. The Morgan fingerprint density at radius 2 is 1.66 bits per heavy atom. The number of carbonyl (C=O) groups is 5. The van der Waals surface area contributed by atoms with Crippen LogP contribution in [0.3, 0.4) is 0 Å². The number of aliphatic hydroxyl groups excluding tert-OH is 1. The van der Waals surface area contributed by atoms with Crippen LogP contribution in [0.25, 0.3) is 0 Å². The molecule has 5 atom stereocenters. The van der Waals surface area contributed by atoms with Gasteiger partial charge in [-0.25, -0.2) is 4.79 Å². The van der Waals surface area contributed by atoms with Crippen molar-refractivity contribution in [2.75, 3.05) is 19.7 Å². The van der Waals surface area contributed by atoms with Gasteiger partial charge in [0, 0.05) is 19.5 Å². The lowest BCUT2D eigenvalue weighted by Gasteiger charge is -2.28. The standard InChI is InChI=1S/C28H44N8O8/c1-15(2)22(27(43)44)35-23(39)19(13-16-7-9-17(38)10-8-16)33-24(40)20(14-37)34-25(41)21-6-4-12-36(21)26(42)18(29)5-3-11-32-28(30)31/h7-10,15,18-22,37-38H,3-6,11-14,29H2,1-2H3,(H,33,40)(H,34,41)(H,35,39)(H,43,44)(H4,30,31,32)/t18-,19-,20-,21-,22-/m0/s1. The molecule has 1 saturated heterocycles. The monoisotopic (exact) mass is 620 g/mol. The van der Waals surface area contributed by atoms with Gasteiger partial charge >= 0.3 is 5.97 Å². The van der Waals surface area contributed by atoms with E-state index in [0.29, 0.717) is 31.4 Å². The summed E-state index contributed by atoms with van der Waals surface area (Å²) in [5.41, 5.74) is 17.2. The van der Waals surface area contributed by atoms with Crippen molar-refractivity contribution in [3.8, 4) is 5.75 Å². The third-order valence-corrected chi connectivity index (χ3v) is 7.18. The van der Waals surface area contributed by atoms with E-state index in [1.807, 2.05) is 0 Å². The maximum atomic E-state index is 13.2. The summed E-state index contributed by atoms with van der Waals surface area (Å²) in [6.45, 7) is 2.98. The maximum Gasteiger partial charge on any atom is 0.326 e. The third kappa shape index (κ3) is 10.7. The summed E-state index contributed by atoms with van der Waals surface area (Å²) >= 11 is 0. The Balaban J connectivity index is 2.12. The molecule has 1 fully saturated rings. The second-order valence-electron chi connectivity index (χ2n) is 11.0. The highest BCUT2D eigenvalue weighted by Crippen LogP contribution is 2.19. The van der Waals surface area contributed by atoms with Crippen molar-refractivity contribution in [1.29, 1.82) is 0 Å². The summed E-state index contributed by atoms with van der Waals surface area (Å²) < 4.78 is 0. The predicted molar refractivity (Wildman–Crippen MR) is 160 cm³/mol. The van der Waals surface area contributed by atoms with Gasteiger partial charge in [-0.1, -0.05) is 26.0 Å². The molecule has 0 aromatic heterocycles. The number of aromatic hydroxyl groups is 1. The van der Waals surface area contributed by atoms with Crippen LogP contribution in [-0.4, -0.2) is 106 Å². The number of hydrogen-bond acceptors (Lipinski definition) is 9. The van der Waals surface area contributed by atoms with E-state index in [1.165, 1.54) is 29.2 Å². The first kappa shape index (κ1) is 35.8. The van der Waals surface area contributed by atoms with E-state index in [1.54, 1.807) is 13.8 Å². The Bertz CT molecular complexity index is 1190. The molecule has 1 aliphatic rings. The number of aliphatic carboxylic acids is 1. The number of phenols is 1. The van der Waals surface area contributed by atoms with Gasteiger partial charge in [0.2, 0.25) is 23.6 Å². The lowest BCUT2D eigenvalue weighted by atomic mass is 10.0. The second-order valence-corrected chi connectivity index (χ2v) is 11.0. The number of carboxylic acid groups (broad SMARTS) is 1. The molecular formula is C28H44N8O8. The van der Waals surface area contributed by atoms with Crippen LogP contribution >= 0.6 is 0 Å². The number of rotatable bonds is 16. The molecule has 0 bridgehead atoms.